The molecule has 10 atom stereocenters. The topological polar surface area (TPSA) is 47.9 Å². The Kier molecular flexibility index (Phi) is 10.9. The molecule has 228 valence electrons. The van der Waals surface area contributed by atoms with Crippen molar-refractivity contribution in [3.05, 3.63) is 11.6 Å². The molecule has 4 nitrogen and oxygen atoms in total. The number of aliphatic hydroxyl groups excluding tert-OH is 1. The zero-order valence-electron chi connectivity index (χ0n) is 27.6. The van der Waals surface area contributed by atoms with Crippen LogP contribution in [0.1, 0.15) is 133 Å². The zero-order chi connectivity index (χ0) is 29.2. The van der Waals surface area contributed by atoms with Gasteiger partial charge >= 0.3 is 0 Å². The van der Waals surface area contributed by atoms with Crippen LogP contribution in [0, 0.1) is 34.0 Å². The maximum Gasteiger partial charge on any atom is 0.0908 e. The van der Waals surface area contributed by atoms with E-state index in [2.05, 4.69) is 68.4 Å². The lowest BCUT2D eigenvalue weighted by Crippen LogP contribution is -2.49. The fraction of sp³-hybridized carbons (Fsp3) is 0.943. The van der Waals surface area contributed by atoms with Crippen LogP contribution in [-0.2, 0) is 14.2 Å². The standard InChI is InChI=1S/C35H64O4/c1-12-15-16-25-21-22-33(7)31(27-19-20-30(39-27)35(9,14-3)38-11)28(37-10)23-34(33,8)26(25)18-17-24(4)32(5,6)29(36)13-2/h21,24,26-31,36H,12-20,22-23H2,1-11H3/t24?,26?,27?,28-,29-,30?,31?,33+,34-,35?/m0/s1. The second kappa shape index (κ2) is 12.8. The highest BCUT2D eigenvalue weighted by atomic mass is 16.6. The van der Waals surface area contributed by atoms with E-state index in [1.165, 1.54) is 25.7 Å². The number of hydrogen-bond acceptors (Lipinski definition) is 4. The molecule has 3 aliphatic rings. The largest absolute Gasteiger partial charge is 0.393 e. The van der Waals surface area contributed by atoms with E-state index < -0.39 is 0 Å². The number of hydrogen-bond donors (Lipinski definition) is 1. The molecule has 0 aromatic carbocycles. The van der Waals surface area contributed by atoms with Gasteiger partial charge in [-0.05, 0) is 99.2 Å². The van der Waals surface area contributed by atoms with E-state index in [4.69, 9.17) is 14.2 Å². The molecule has 3 rings (SSSR count). The summed E-state index contributed by atoms with van der Waals surface area (Å²) in [6.07, 6.45) is 15.2. The minimum Gasteiger partial charge on any atom is -0.393 e. The lowest BCUT2D eigenvalue weighted by Gasteiger charge is -2.54. The molecule has 0 aromatic rings. The number of unbranched alkanes of at least 4 members (excludes halogenated alkanes) is 1. The fourth-order valence-corrected chi connectivity index (χ4v) is 8.94. The van der Waals surface area contributed by atoms with E-state index in [-0.39, 0.29) is 46.3 Å². The summed E-state index contributed by atoms with van der Waals surface area (Å²) in [5.74, 6) is 1.41. The number of ether oxygens (including phenoxy) is 3. The first kappa shape index (κ1) is 33.1. The zero-order valence-corrected chi connectivity index (χ0v) is 27.6. The Hall–Kier alpha value is -0.420. The van der Waals surface area contributed by atoms with Gasteiger partial charge in [-0.1, -0.05) is 73.5 Å². The predicted molar refractivity (Wildman–Crippen MR) is 163 cm³/mol. The third kappa shape index (κ3) is 5.93. The Bertz CT molecular complexity index is 815. The molecule has 1 aliphatic heterocycles. The van der Waals surface area contributed by atoms with Gasteiger partial charge < -0.3 is 19.3 Å². The lowest BCUT2D eigenvalue weighted by molar-refractivity contribution is -0.146. The summed E-state index contributed by atoms with van der Waals surface area (Å²) in [5, 5.41) is 10.8. The Morgan fingerprint density at radius 2 is 1.79 bits per heavy atom. The van der Waals surface area contributed by atoms with Crippen LogP contribution in [0.25, 0.3) is 0 Å². The summed E-state index contributed by atoms with van der Waals surface area (Å²) >= 11 is 0. The molecule has 1 saturated carbocycles. The third-order valence-corrected chi connectivity index (χ3v) is 12.9. The molecule has 4 heteroatoms. The summed E-state index contributed by atoms with van der Waals surface area (Å²) in [5.41, 5.74) is 1.69. The third-order valence-electron chi connectivity index (χ3n) is 12.9. The van der Waals surface area contributed by atoms with Gasteiger partial charge in [0.2, 0.25) is 0 Å². The summed E-state index contributed by atoms with van der Waals surface area (Å²) in [7, 11) is 3.76. The van der Waals surface area contributed by atoms with Crippen molar-refractivity contribution in [1.82, 2.24) is 0 Å². The van der Waals surface area contributed by atoms with Gasteiger partial charge in [-0.2, -0.15) is 0 Å². The molecule has 39 heavy (non-hydrogen) atoms. The van der Waals surface area contributed by atoms with Crippen LogP contribution in [0.2, 0.25) is 0 Å². The van der Waals surface area contributed by atoms with Crippen molar-refractivity contribution in [3.63, 3.8) is 0 Å². The molecule has 0 amide bonds. The number of methoxy groups -OCH3 is 2. The highest BCUT2D eigenvalue weighted by Gasteiger charge is 2.65. The van der Waals surface area contributed by atoms with Crippen LogP contribution >= 0.6 is 0 Å². The quantitative estimate of drug-likeness (QED) is 0.220. The minimum atomic E-state index is -0.253. The molecule has 1 N–H and O–H groups in total. The molecular weight excluding hydrogens is 484 g/mol. The summed E-state index contributed by atoms with van der Waals surface area (Å²) < 4.78 is 19.3. The van der Waals surface area contributed by atoms with Gasteiger partial charge in [0, 0.05) is 20.1 Å². The number of rotatable bonds is 14. The van der Waals surface area contributed by atoms with Gasteiger partial charge in [-0.3, -0.25) is 0 Å². The van der Waals surface area contributed by atoms with E-state index in [1.807, 2.05) is 14.2 Å². The van der Waals surface area contributed by atoms with Crippen LogP contribution in [0.15, 0.2) is 11.6 Å². The number of allylic oxidation sites excluding steroid dienone is 2. The lowest BCUT2D eigenvalue weighted by atomic mass is 9.51. The molecular formula is C35H64O4. The van der Waals surface area contributed by atoms with Gasteiger partial charge in [-0.25, -0.2) is 0 Å². The van der Waals surface area contributed by atoms with Crippen LogP contribution in [0.5, 0.6) is 0 Å². The van der Waals surface area contributed by atoms with Gasteiger partial charge in [0.1, 0.15) is 0 Å². The average molecular weight is 549 g/mol. The van der Waals surface area contributed by atoms with Crippen molar-refractivity contribution in [2.24, 2.45) is 34.0 Å². The second-order valence-electron chi connectivity index (χ2n) is 14.8. The molecule has 1 heterocycles. The maximum atomic E-state index is 10.8. The SMILES string of the molecule is CCCCC1=CC[C@]2(C)C(C3CCC(C(C)(CC)OC)O3)[C@@H](OC)C[C@@]2(C)C1CCC(C)C(C)(C)[C@@H](O)CC. The van der Waals surface area contributed by atoms with Gasteiger partial charge in [0.25, 0.3) is 0 Å². The van der Waals surface area contributed by atoms with E-state index in [1.54, 1.807) is 5.57 Å². The maximum absolute atomic E-state index is 10.8. The summed E-state index contributed by atoms with van der Waals surface area (Å²) in [6.45, 7) is 20.9. The second-order valence-corrected chi connectivity index (χ2v) is 14.8. The molecule has 2 aliphatic carbocycles. The molecule has 1 saturated heterocycles. The average Bonchev–Trinajstić information content (AvgIpc) is 3.50. The molecule has 0 aromatic heterocycles. The predicted octanol–water partition coefficient (Wildman–Crippen LogP) is 8.75. The highest BCUT2D eigenvalue weighted by Crippen LogP contribution is 2.68. The first-order chi connectivity index (χ1) is 18.3. The number of fused-ring (bicyclic) bond motifs is 1. The van der Waals surface area contributed by atoms with Crippen LogP contribution in [0.3, 0.4) is 0 Å². The van der Waals surface area contributed by atoms with E-state index in [0.717, 1.165) is 44.9 Å². The molecule has 6 unspecified atom stereocenters. The van der Waals surface area contributed by atoms with Gasteiger partial charge in [0.15, 0.2) is 0 Å². The van der Waals surface area contributed by atoms with Gasteiger partial charge in [0.05, 0.1) is 30.0 Å². The smallest absolute Gasteiger partial charge is 0.0908 e. The van der Waals surface area contributed by atoms with E-state index in [0.29, 0.717) is 17.8 Å². The minimum absolute atomic E-state index is 0.0752. The molecule has 0 radical (unpaired) electrons. The Labute approximate surface area is 242 Å². The van der Waals surface area contributed by atoms with Gasteiger partial charge in [-0.15, -0.1) is 0 Å². The van der Waals surface area contributed by atoms with Crippen molar-refractivity contribution in [2.75, 3.05) is 14.2 Å². The Morgan fingerprint density at radius 1 is 1.10 bits per heavy atom. The normalized spacial score (nSPS) is 38.3. The Morgan fingerprint density at radius 3 is 2.36 bits per heavy atom. The molecule has 0 spiro atoms. The summed E-state index contributed by atoms with van der Waals surface area (Å²) in [4.78, 5) is 0. The molecule has 2 fully saturated rings. The fourth-order valence-electron chi connectivity index (χ4n) is 8.94. The van der Waals surface area contributed by atoms with Crippen molar-refractivity contribution in [2.45, 2.75) is 163 Å². The number of aliphatic hydroxyl groups is 1. The highest BCUT2D eigenvalue weighted by molar-refractivity contribution is 5.26. The van der Waals surface area contributed by atoms with Crippen molar-refractivity contribution in [1.29, 1.82) is 0 Å². The molecule has 0 bridgehead atoms. The summed E-state index contributed by atoms with van der Waals surface area (Å²) in [6, 6.07) is 0. The van der Waals surface area contributed by atoms with Crippen molar-refractivity contribution in [3.8, 4) is 0 Å². The monoisotopic (exact) mass is 548 g/mol. The first-order valence-corrected chi connectivity index (χ1v) is 16.4. The van der Waals surface area contributed by atoms with Crippen LogP contribution < -0.4 is 0 Å². The van der Waals surface area contributed by atoms with Crippen LogP contribution in [0.4, 0.5) is 0 Å². The van der Waals surface area contributed by atoms with Crippen molar-refractivity contribution < 1.29 is 19.3 Å². The van der Waals surface area contributed by atoms with E-state index >= 15 is 0 Å². The van der Waals surface area contributed by atoms with Crippen molar-refractivity contribution >= 4 is 0 Å². The first-order valence-electron chi connectivity index (χ1n) is 16.4. The van der Waals surface area contributed by atoms with E-state index in [9.17, 15) is 5.11 Å². The Balaban J connectivity index is 1.92. The van der Waals surface area contributed by atoms with Crippen LogP contribution in [-0.4, -0.2) is 49.3 Å².